The highest BCUT2D eigenvalue weighted by molar-refractivity contribution is 7.17. The second-order valence-corrected chi connectivity index (χ2v) is 7.61. The van der Waals surface area contributed by atoms with Crippen LogP contribution in [0.5, 0.6) is 5.75 Å². The van der Waals surface area contributed by atoms with E-state index in [9.17, 15) is 22.8 Å². The molecule has 0 aliphatic heterocycles. The van der Waals surface area contributed by atoms with Crippen LogP contribution in [0.1, 0.15) is 29.5 Å². The molecule has 2 atom stereocenters. The van der Waals surface area contributed by atoms with Gasteiger partial charge in [-0.3, -0.25) is 0 Å². The summed E-state index contributed by atoms with van der Waals surface area (Å²) in [5, 5.41) is 9.42. The highest BCUT2D eigenvalue weighted by Crippen LogP contribution is 2.37. The Kier molecular flexibility index (Phi) is 9.24. The van der Waals surface area contributed by atoms with Crippen LogP contribution in [-0.2, 0) is 28.1 Å². The van der Waals surface area contributed by atoms with Crippen molar-refractivity contribution in [2.45, 2.75) is 37.4 Å². The van der Waals surface area contributed by atoms with Crippen molar-refractivity contribution in [2.24, 2.45) is 5.73 Å². The first kappa shape index (κ1) is 24.3. The van der Waals surface area contributed by atoms with E-state index >= 15 is 0 Å². The number of aliphatic hydroxyl groups is 1. The lowest BCUT2D eigenvalue weighted by atomic mass is 9.93. The lowest BCUT2D eigenvalue weighted by Crippen LogP contribution is -2.47. The van der Waals surface area contributed by atoms with Gasteiger partial charge >= 0.3 is 14.9 Å². The molecule has 0 saturated carbocycles. The monoisotopic (exact) mass is 444 g/mol. The van der Waals surface area contributed by atoms with Crippen LogP contribution in [0.2, 0.25) is 0 Å². The van der Waals surface area contributed by atoms with E-state index in [0.717, 1.165) is 11.6 Å². The molecule has 0 spiro atoms. The molecule has 2 unspecified atom stereocenters. The molecule has 30 heavy (non-hydrogen) atoms. The summed E-state index contributed by atoms with van der Waals surface area (Å²) in [5.74, 6) is -0.212. The van der Waals surface area contributed by atoms with Gasteiger partial charge in [0.05, 0.1) is 24.3 Å². The van der Waals surface area contributed by atoms with Crippen molar-refractivity contribution >= 4 is 8.69 Å². The van der Waals surface area contributed by atoms with E-state index in [-0.39, 0.29) is 31.8 Å². The highest BCUT2D eigenvalue weighted by Gasteiger charge is 2.35. The average Bonchev–Trinajstić information content (AvgIpc) is 2.74. The molecule has 0 aliphatic carbocycles. The number of aliphatic hydroxyl groups excluding tert-OH is 1. The predicted molar refractivity (Wildman–Crippen MR) is 109 cm³/mol. The number of halogens is 3. The molecule has 0 bridgehead atoms. The van der Waals surface area contributed by atoms with E-state index < -0.39 is 32.6 Å². The van der Waals surface area contributed by atoms with E-state index in [4.69, 9.17) is 15.0 Å². The van der Waals surface area contributed by atoms with E-state index in [2.05, 4.69) is 0 Å². The van der Waals surface area contributed by atoms with Gasteiger partial charge in [-0.05, 0) is 53.5 Å². The van der Waals surface area contributed by atoms with Crippen molar-refractivity contribution < 1.29 is 32.1 Å². The van der Waals surface area contributed by atoms with Gasteiger partial charge in [0.15, 0.2) is 0 Å². The minimum Gasteiger partial charge on any atom is -0.493 e. The minimum atomic E-state index is -4.56. The molecule has 0 radical (unpaired) electrons. The largest absolute Gasteiger partial charge is 0.494 e. The first-order chi connectivity index (χ1) is 14.3. The Morgan fingerprint density at radius 1 is 1.03 bits per heavy atom. The fourth-order valence-electron chi connectivity index (χ4n) is 2.95. The number of benzene rings is 2. The van der Waals surface area contributed by atoms with Gasteiger partial charge < -0.3 is 15.6 Å². The zero-order valence-corrected chi connectivity index (χ0v) is 17.5. The number of ether oxygens (including phenoxy) is 1. The van der Waals surface area contributed by atoms with E-state index in [1.54, 1.807) is 6.07 Å². The van der Waals surface area contributed by atoms with Crippen LogP contribution < -0.4 is 10.5 Å². The van der Waals surface area contributed by atoms with E-state index in [1.807, 2.05) is 30.3 Å². The van der Waals surface area contributed by atoms with Gasteiger partial charge in [0, 0.05) is 0 Å². The number of hydrogen-bond acceptors (Lipinski definition) is 5. The second-order valence-electron chi connectivity index (χ2n) is 7.16. The van der Waals surface area contributed by atoms with E-state index in [1.165, 1.54) is 6.07 Å². The second kappa shape index (κ2) is 11.4. The van der Waals surface area contributed by atoms with Crippen molar-refractivity contribution in [2.75, 3.05) is 19.8 Å². The molecule has 0 fully saturated rings. The van der Waals surface area contributed by atoms with Crippen LogP contribution in [0.15, 0.2) is 48.5 Å². The Morgan fingerprint density at radius 3 is 2.40 bits per heavy atom. The van der Waals surface area contributed by atoms with Crippen molar-refractivity contribution in [3.8, 4) is 5.75 Å². The van der Waals surface area contributed by atoms with Gasteiger partial charge in [-0.15, -0.1) is 4.52 Å². The number of hydrogen-bond donors (Lipinski definition) is 2. The van der Waals surface area contributed by atoms with Crippen LogP contribution in [0, 0.1) is 0 Å². The van der Waals surface area contributed by atoms with Crippen molar-refractivity contribution in [3.63, 3.8) is 0 Å². The zero-order chi connectivity index (χ0) is 22.0. The topological polar surface area (TPSA) is 81.8 Å². The molecular weight excluding hydrogens is 418 g/mol. The summed E-state index contributed by atoms with van der Waals surface area (Å²) in [4.78, 5) is 0. The fourth-order valence-corrected chi connectivity index (χ4v) is 3.29. The summed E-state index contributed by atoms with van der Waals surface area (Å²) < 4.78 is 61.2. The Labute approximate surface area is 175 Å². The third kappa shape index (κ3) is 7.69. The SMILES string of the molecule is NC(CO)(CCc1ccc(OCCCc2ccccc2)c(C(F)(F)F)c1)CO[PH+]=O. The predicted octanol–water partition coefficient (Wildman–Crippen LogP) is 4.30. The van der Waals surface area contributed by atoms with Gasteiger partial charge in [-0.25, -0.2) is 0 Å². The van der Waals surface area contributed by atoms with Gasteiger partial charge in [0.1, 0.15) is 12.4 Å². The molecule has 2 rings (SSSR count). The first-order valence-corrected chi connectivity index (χ1v) is 10.3. The summed E-state index contributed by atoms with van der Waals surface area (Å²) in [5.41, 5.74) is 5.44. The maximum Gasteiger partial charge on any atom is 0.494 e. The number of aryl methyl sites for hydroxylation is 2. The van der Waals surface area contributed by atoms with Crippen molar-refractivity contribution in [1.82, 2.24) is 0 Å². The summed E-state index contributed by atoms with van der Waals surface area (Å²) >= 11 is 0. The maximum absolute atomic E-state index is 13.5. The van der Waals surface area contributed by atoms with Crippen LogP contribution in [0.4, 0.5) is 13.2 Å². The third-order valence-corrected chi connectivity index (χ3v) is 4.97. The molecule has 2 aromatic rings. The number of nitrogens with two attached hydrogens (primary N) is 1. The molecule has 2 aromatic carbocycles. The fraction of sp³-hybridized carbons (Fsp3) is 0.429. The van der Waals surface area contributed by atoms with Crippen molar-refractivity contribution in [1.29, 1.82) is 0 Å². The molecule has 0 amide bonds. The minimum absolute atomic E-state index is 0.153. The summed E-state index contributed by atoms with van der Waals surface area (Å²) in [7, 11) is -1.02. The molecule has 9 heteroatoms. The summed E-state index contributed by atoms with van der Waals surface area (Å²) in [6, 6.07) is 13.6. The zero-order valence-electron chi connectivity index (χ0n) is 16.5. The standard InChI is InChI=1S/C21H26F3NO4P/c22-21(23,24)18-13-17(10-11-20(25,14-26)15-29-30-27)8-9-19(18)28-12-4-7-16-5-2-1-3-6-16/h1-3,5-6,8-9,13,26,30H,4,7,10-12,14-15,25H2/q+1. The molecule has 0 heterocycles. The first-order valence-electron chi connectivity index (χ1n) is 9.53. The molecule has 0 aliphatic rings. The highest BCUT2D eigenvalue weighted by atomic mass is 31.1. The molecule has 164 valence electrons. The van der Waals surface area contributed by atoms with E-state index in [0.29, 0.717) is 18.4 Å². The summed E-state index contributed by atoms with van der Waals surface area (Å²) in [6.07, 6.45) is -2.89. The van der Waals surface area contributed by atoms with Crippen molar-refractivity contribution in [3.05, 3.63) is 65.2 Å². The lowest BCUT2D eigenvalue weighted by Gasteiger charge is -2.24. The van der Waals surface area contributed by atoms with Gasteiger partial charge in [0.25, 0.3) is 0 Å². The quantitative estimate of drug-likeness (QED) is 0.377. The average molecular weight is 444 g/mol. The molecule has 0 saturated heterocycles. The van der Waals surface area contributed by atoms with Crippen LogP contribution in [0.25, 0.3) is 0 Å². The lowest BCUT2D eigenvalue weighted by molar-refractivity contribution is -0.139. The Hall–Kier alpha value is -1.99. The maximum atomic E-state index is 13.5. The molecule has 0 aromatic heterocycles. The summed E-state index contributed by atoms with van der Waals surface area (Å²) in [6.45, 7) is -0.423. The molecule has 3 N–H and O–H groups in total. The van der Waals surface area contributed by atoms with Gasteiger partial charge in [-0.1, -0.05) is 36.4 Å². The van der Waals surface area contributed by atoms with Crippen LogP contribution >= 0.6 is 8.69 Å². The Bertz CT molecular complexity index is 805. The molecule has 5 nitrogen and oxygen atoms in total. The number of alkyl halides is 3. The van der Waals surface area contributed by atoms with Crippen LogP contribution in [0.3, 0.4) is 0 Å². The third-order valence-electron chi connectivity index (χ3n) is 4.70. The van der Waals surface area contributed by atoms with Gasteiger partial charge in [0.2, 0.25) is 0 Å². The molecular formula is C21H26F3NO4P+. The number of rotatable bonds is 12. The Balaban J connectivity index is 2.01. The Morgan fingerprint density at radius 2 is 1.77 bits per heavy atom. The smallest absolute Gasteiger partial charge is 0.493 e. The normalized spacial score (nSPS) is 13.9. The van der Waals surface area contributed by atoms with Crippen LogP contribution in [-0.4, -0.2) is 30.5 Å². The van der Waals surface area contributed by atoms with Gasteiger partial charge in [-0.2, -0.15) is 13.2 Å².